The molecule has 0 bridgehead atoms. The third-order valence-electron chi connectivity index (χ3n) is 2.49. The van der Waals surface area contributed by atoms with E-state index >= 15 is 0 Å². The number of thiophene rings is 1. The van der Waals surface area contributed by atoms with Gasteiger partial charge in [-0.05, 0) is 17.9 Å². The minimum atomic E-state index is -1.09. The van der Waals surface area contributed by atoms with Crippen molar-refractivity contribution in [1.82, 2.24) is 10.2 Å². The SMILES string of the molecule is C#CCN(CC(=O)O)C(=O)NC(CC)c1cccs1. The van der Waals surface area contributed by atoms with Gasteiger partial charge in [0.25, 0.3) is 0 Å². The lowest BCUT2D eigenvalue weighted by atomic mass is 10.2. The number of carboxylic acid groups (broad SMARTS) is 1. The number of hydrogen-bond donors (Lipinski definition) is 2. The molecule has 0 radical (unpaired) electrons. The van der Waals surface area contributed by atoms with Crippen molar-refractivity contribution in [3.8, 4) is 12.3 Å². The van der Waals surface area contributed by atoms with Gasteiger partial charge in [0.05, 0.1) is 12.6 Å². The molecule has 2 amide bonds. The van der Waals surface area contributed by atoms with Crippen molar-refractivity contribution in [3.63, 3.8) is 0 Å². The van der Waals surface area contributed by atoms with Gasteiger partial charge in [-0.15, -0.1) is 17.8 Å². The van der Waals surface area contributed by atoms with Gasteiger partial charge in [-0.1, -0.05) is 18.9 Å². The van der Waals surface area contributed by atoms with Crippen LogP contribution in [0, 0.1) is 12.3 Å². The van der Waals surface area contributed by atoms with Gasteiger partial charge < -0.3 is 15.3 Å². The monoisotopic (exact) mass is 280 g/mol. The molecule has 19 heavy (non-hydrogen) atoms. The first-order chi connectivity index (χ1) is 9.08. The van der Waals surface area contributed by atoms with Gasteiger partial charge >= 0.3 is 12.0 Å². The molecule has 1 rings (SSSR count). The van der Waals surface area contributed by atoms with Crippen LogP contribution in [-0.2, 0) is 4.79 Å². The quantitative estimate of drug-likeness (QED) is 0.782. The number of amides is 2. The van der Waals surface area contributed by atoms with Crippen LogP contribution in [0.15, 0.2) is 17.5 Å². The molecule has 0 fully saturated rings. The Morgan fingerprint density at radius 2 is 2.37 bits per heavy atom. The highest BCUT2D eigenvalue weighted by Crippen LogP contribution is 2.21. The molecule has 0 aliphatic heterocycles. The molecule has 1 atom stereocenters. The highest BCUT2D eigenvalue weighted by molar-refractivity contribution is 7.10. The molecule has 5 nitrogen and oxygen atoms in total. The van der Waals surface area contributed by atoms with E-state index in [-0.39, 0.29) is 12.6 Å². The maximum atomic E-state index is 12.0. The number of carboxylic acids is 1. The lowest BCUT2D eigenvalue weighted by Crippen LogP contribution is -2.44. The molecule has 2 N–H and O–H groups in total. The standard InChI is InChI=1S/C13H16N2O3S/c1-3-7-15(9-12(16)17)13(18)14-10(4-2)11-6-5-8-19-11/h1,5-6,8,10H,4,7,9H2,2H3,(H,14,18)(H,16,17). The zero-order valence-corrected chi connectivity index (χ0v) is 11.4. The van der Waals surface area contributed by atoms with Gasteiger partial charge in [0.2, 0.25) is 0 Å². The van der Waals surface area contributed by atoms with E-state index in [1.165, 1.54) is 0 Å². The fourth-order valence-corrected chi connectivity index (χ4v) is 2.44. The number of nitrogens with zero attached hydrogens (tertiary/aromatic N) is 1. The minimum absolute atomic E-state index is 0.0288. The number of carbonyl (C=O) groups excluding carboxylic acids is 1. The molecule has 0 aromatic carbocycles. The molecule has 0 saturated carbocycles. The van der Waals surface area contributed by atoms with Crippen molar-refractivity contribution in [3.05, 3.63) is 22.4 Å². The van der Waals surface area contributed by atoms with Crippen molar-refractivity contribution in [2.24, 2.45) is 0 Å². The highest BCUT2D eigenvalue weighted by Gasteiger charge is 2.20. The number of terminal acetylenes is 1. The third kappa shape index (κ3) is 4.64. The number of hydrogen-bond acceptors (Lipinski definition) is 3. The van der Waals surface area contributed by atoms with E-state index in [9.17, 15) is 9.59 Å². The van der Waals surface area contributed by atoms with Gasteiger partial charge in [0, 0.05) is 4.88 Å². The van der Waals surface area contributed by atoms with Gasteiger partial charge in [0.1, 0.15) is 6.54 Å². The summed E-state index contributed by atoms with van der Waals surface area (Å²) in [7, 11) is 0. The van der Waals surface area contributed by atoms with Gasteiger partial charge in [0.15, 0.2) is 0 Å². The van der Waals surface area contributed by atoms with Crippen LogP contribution >= 0.6 is 11.3 Å². The molecule has 1 heterocycles. The molecule has 0 aliphatic rings. The summed E-state index contributed by atoms with van der Waals surface area (Å²) in [5.74, 6) is 1.20. The molecule has 0 saturated heterocycles. The van der Waals surface area contributed by atoms with Crippen LogP contribution in [0.1, 0.15) is 24.3 Å². The number of carbonyl (C=O) groups is 2. The van der Waals surface area contributed by atoms with Crippen LogP contribution in [-0.4, -0.2) is 35.1 Å². The second kappa shape index (κ2) is 7.44. The van der Waals surface area contributed by atoms with E-state index in [1.54, 1.807) is 11.3 Å². The van der Waals surface area contributed by atoms with E-state index < -0.39 is 18.5 Å². The molecule has 1 aromatic rings. The average Bonchev–Trinajstić information content (AvgIpc) is 2.88. The zero-order chi connectivity index (χ0) is 14.3. The summed E-state index contributed by atoms with van der Waals surface area (Å²) in [5, 5.41) is 13.5. The summed E-state index contributed by atoms with van der Waals surface area (Å²) in [4.78, 5) is 24.8. The van der Waals surface area contributed by atoms with Crippen LogP contribution in [0.2, 0.25) is 0 Å². The maximum absolute atomic E-state index is 12.0. The topological polar surface area (TPSA) is 69.6 Å². The molecule has 6 heteroatoms. The Kier molecular flexibility index (Phi) is 5.90. The molecule has 0 aliphatic carbocycles. The Morgan fingerprint density at radius 1 is 1.63 bits per heavy atom. The van der Waals surface area contributed by atoms with E-state index in [4.69, 9.17) is 11.5 Å². The van der Waals surface area contributed by atoms with E-state index in [1.807, 2.05) is 24.4 Å². The van der Waals surface area contributed by atoms with Crippen molar-refractivity contribution < 1.29 is 14.7 Å². The summed E-state index contributed by atoms with van der Waals surface area (Å²) in [6, 6.07) is 3.26. The van der Waals surface area contributed by atoms with Crippen LogP contribution in [0.25, 0.3) is 0 Å². The molecule has 1 aromatic heterocycles. The van der Waals surface area contributed by atoms with Crippen molar-refractivity contribution >= 4 is 23.3 Å². The normalized spacial score (nSPS) is 11.4. The first kappa shape index (κ1) is 15.1. The third-order valence-corrected chi connectivity index (χ3v) is 3.47. The van der Waals surface area contributed by atoms with E-state index in [0.29, 0.717) is 0 Å². The number of urea groups is 1. The highest BCUT2D eigenvalue weighted by atomic mass is 32.1. The summed E-state index contributed by atoms with van der Waals surface area (Å²) >= 11 is 1.55. The predicted molar refractivity (Wildman–Crippen MR) is 73.9 cm³/mol. The van der Waals surface area contributed by atoms with Gasteiger partial charge in [-0.3, -0.25) is 4.79 Å². The molecule has 102 valence electrons. The first-order valence-electron chi connectivity index (χ1n) is 5.82. The summed E-state index contributed by atoms with van der Waals surface area (Å²) in [5.41, 5.74) is 0. The smallest absolute Gasteiger partial charge is 0.323 e. The van der Waals surface area contributed by atoms with Crippen LogP contribution in [0.4, 0.5) is 4.79 Å². The largest absolute Gasteiger partial charge is 0.480 e. The van der Waals surface area contributed by atoms with Crippen molar-refractivity contribution in [2.45, 2.75) is 19.4 Å². The van der Waals surface area contributed by atoms with Gasteiger partial charge in [-0.2, -0.15) is 0 Å². The Balaban J connectivity index is 2.69. The summed E-state index contributed by atoms with van der Waals surface area (Å²) in [6.45, 7) is 1.52. The Labute approximate surface area is 116 Å². The number of nitrogens with one attached hydrogen (secondary N) is 1. The molecule has 1 unspecified atom stereocenters. The second-order valence-corrected chi connectivity index (χ2v) is 4.86. The van der Waals surface area contributed by atoms with Crippen LogP contribution in [0.5, 0.6) is 0 Å². The summed E-state index contributed by atoms with van der Waals surface area (Å²) in [6.07, 6.45) is 5.86. The maximum Gasteiger partial charge on any atom is 0.323 e. The van der Waals surface area contributed by atoms with Crippen LogP contribution < -0.4 is 5.32 Å². The Morgan fingerprint density at radius 3 is 2.84 bits per heavy atom. The van der Waals surface area contributed by atoms with E-state index in [0.717, 1.165) is 16.2 Å². The molecular formula is C13H16N2O3S. The van der Waals surface area contributed by atoms with Crippen molar-refractivity contribution in [1.29, 1.82) is 0 Å². The summed E-state index contributed by atoms with van der Waals surface area (Å²) < 4.78 is 0. The number of rotatable bonds is 6. The first-order valence-corrected chi connectivity index (χ1v) is 6.70. The number of aliphatic carboxylic acids is 1. The lowest BCUT2D eigenvalue weighted by Gasteiger charge is -2.22. The van der Waals surface area contributed by atoms with Crippen molar-refractivity contribution in [2.75, 3.05) is 13.1 Å². The fourth-order valence-electron chi connectivity index (χ4n) is 1.58. The fraction of sp³-hybridized carbons (Fsp3) is 0.385. The Hall–Kier alpha value is -2.00. The predicted octanol–water partition coefficient (Wildman–Crippen LogP) is 1.93. The molecule has 0 spiro atoms. The van der Waals surface area contributed by atoms with E-state index in [2.05, 4.69) is 11.2 Å². The average molecular weight is 280 g/mol. The lowest BCUT2D eigenvalue weighted by molar-refractivity contribution is -0.137. The van der Waals surface area contributed by atoms with Gasteiger partial charge in [-0.25, -0.2) is 4.79 Å². The Bertz CT molecular complexity index is 465. The van der Waals surface area contributed by atoms with Crippen LogP contribution in [0.3, 0.4) is 0 Å². The minimum Gasteiger partial charge on any atom is -0.480 e. The zero-order valence-electron chi connectivity index (χ0n) is 10.6. The molecular weight excluding hydrogens is 264 g/mol. The second-order valence-electron chi connectivity index (χ2n) is 3.88.